The van der Waals surface area contributed by atoms with Gasteiger partial charge in [0, 0.05) is 50.7 Å². The van der Waals surface area contributed by atoms with Gasteiger partial charge in [0.1, 0.15) is 71.9 Å². The molecular formula is C62H85N15O14S2. The zero-order valence-corrected chi connectivity index (χ0v) is 53.3. The van der Waals surface area contributed by atoms with E-state index in [4.69, 9.17) is 22.6 Å². The van der Waals surface area contributed by atoms with E-state index in [-0.39, 0.29) is 81.0 Å². The fourth-order valence-electron chi connectivity index (χ4n) is 9.26. The molecule has 4 aromatic rings. The lowest BCUT2D eigenvalue weighted by atomic mass is 10.0. The minimum atomic E-state index is -1.75. The second-order valence-corrected chi connectivity index (χ2v) is 22.5. The number of aromatic hydroxyl groups is 2. The molecule has 31 heteroatoms. The molecule has 0 saturated carbocycles. The molecule has 0 aliphatic rings. The van der Waals surface area contributed by atoms with Gasteiger partial charge in [0.15, 0.2) is 5.96 Å². The van der Waals surface area contributed by atoms with E-state index in [0.29, 0.717) is 35.1 Å². The molecule has 0 bridgehead atoms. The van der Waals surface area contributed by atoms with Crippen LogP contribution in [0.1, 0.15) is 68.2 Å². The van der Waals surface area contributed by atoms with Crippen LogP contribution in [0.4, 0.5) is 0 Å². The summed E-state index contributed by atoms with van der Waals surface area (Å²) in [4.78, 5) is 151. The van der Waals surface area contributed by atoms with Gasteiger partial charge < -0.3 is 91.0 Å². The predicted molar refractivity (Wildman–Crippen MR) is 351 cm³/mol. The summed E-state index contributed by atoms with van der Waals surface area (Å²) in [6, 6.07) is 14.7. The Labute approximate surface area is 549 Å². The fraction of sp³-hybridized carbons (Fsp3) is 0.419. The Bertz CT molecular complexity index is 3160. The first-order valence-corrected chi connectivity index (χ1v) is 31.1. The highest BCUT2D eigenvalue weighted by molar-refractivity contribution is 7.80. The van der Waals surface area contributed by atoms with Crippen LogP contribution in [-0.2, 0) is 78.4 Å². The monoisotopic (exact) mass is 1330 g/mol. The van der Waals surface area contributed by atoms with Crippen molar-refractivity contribution in [1.82, 2.24) is 58.5 Å². The smallest absolute Gasteiger partial charge is 0.245 e. The molecule has 504 valence electrons. The SMILES string of the molecule is CC(=O)N[C@@H](Cc1ccc(O)cc1)C(=O)N[C@@H](CS)C(=O)N[C@@H](CCCCN)C(=O)N[C@@H](Cc1ccccc1)C(=O)N[C@@H](Cc1ccccc1)C(=O)N[C@@H](CCCNC(=N)N)C(=O)N[C@@H](CO)C(=O)N[C@@H](C)C(=O)N[C@@H](CS)C(=O)N[C@@H](Cc1ccc(O)cc1)C(N)=O. The van der Waals surface area contributed by atoms with Crippen LogP contribution in [0.2, 0.25) is 0 Å². The number of amides is 11. The molecule has 4 aromatic carbocycles. The van der Waals surface area contributed by atoms with Gasteiger partial charge in [-0.2, -0.15) is 25.3 Å². The minimum Gasteiger partial charge on any atom is -0.508 e. The third-order valence-corrected chi connectivity index (χ3v) is 15.1. The molecule has 0 aromatic heterocycles. The van der Waals surface area contributed by atoms with Crippen molar-refractivity contribution >= 4 is 96.2 Å². The molecule has 0 unspecified atom stereocenters. The van der Waals surface area contributed by atoms with Gasteiger partial charge in [-0.15, -0.1) is 0 Å². The summed E-state index contributed by atoms with van der Waals surface area (Å²) in [5.74, 6) is -10.4. The molecule has 4 rings (SSSR count). The van der Waals surface area contributed by atoms with E-state index in [1.807, 2.05) is 0 Å². The van der Waals surface area contributed by atoms with Crippen molar-refractivity contribution in [2.45, 2.75) is 132 Å². The molecule has 93 heavy (non-hydrogen) atoms. The first-order valence-electron chi connectivity index (χ1n) is 29.9. The highest BCUT2D eigenvalue weighted by Gasteiger charge is 2.35. The summed E-state index contributed by atoms with van der Waals surface area (Å²) in [6.45, 7) is 1.70. The standard InChI is InChI=1S/C62H85N15O14S2/c1-35(53(83)76-50(33-92)61(91)72-45(52(64)82)28-39-18-22-41(80)23-19-39)68-59(89)49(32-78)75-55(85)44(17-11-27-67-62(65)66)70-57(87)47(29-37-12-5-3-6-13-37)74-58(88)48(30-38-14-7-4-8-15-38)73-54(84)43(16-9-10-26-63)71-60(90)51(34-93)77-56(86)46(69-36(2)79)31-40-20-24-42(81)25-21-40/h3-8,12-15,18-25,35,43-51,78,80-81,92-93H,9-11,16-17,26-34,63H2,1-2H3,(H2,64,82)(H,68,89)(H,69,79)(H,70,87)(H,71,90)(H,72,91)(H,73,84)(H,74,88)(H,75,85)(H,76,83)(H,77,86)(H4,65,66,67)/t35-,43-,44-,45-,46-,47-,48-,49-,50-,51-/m0/s1. The first-order chi connectivity index (χ1) is 44.3. The van der Waals surface area contributed by atoms with Gasteiger partial charge in [0.25, 0.3) is 0 Å². The van der Waals surface area contributed by atoms with E-state index in [1.165, 1.54) is 50.2 Å². The van der Waals surface area contributed by atoms with Crippen LogP contribution >= 0.6 is 25.3 Å². The van der Waals surface area contributed by atoms with E-state index < -0.39 is 138 Å². The number of guanidine groups is 1. The Balaban J connectivity index is 1.56. The van der Waals surface area contributed by atoms with Crippen molar-refractivity contribution in [3.05, 3.63) is 131 Å². The maximum absolute atomic E-state index is 14.8. The Hall–Kier alpha value is -9.46. The number of nitrogens with two attached hydrogens (primary N) is 3. The number of benzene rings is 4. The summed E-state index contributed by atoms with van der Waals surface area (Å²) in [5, 5.41) is 65.6. The van der Waals surface area contributed by atoms with Crippen LogP contribution < -0.4 is 75.7 Å². The maximum Gasteiger partial charge on any atom is 0.245 e. The molecule has 29 nitrogen and oxygen atoms in total. The number of rotatable bonds is 39. The lowest BCUT2D eigenvalue weighted by Gasteiger charge is -2.28. The van der Waals surface area contributed by atoms with E-state index in [9.17, 15) is 68.1 Å². The number of thiol groups is 2. The molecule has 0 saturated heterocycles. The van der Waals surface area contributed by atoms with Crippen LogP contribution in [0.15, 0.2) is 109 Å². The number of hydrogen-bond donors (Lipinski definition) is 20. The van der Waals surface area contributed by atoms with Crippen molar-refractivity contribution < 1.29 is 68.1 Å². The van der Waals surface area contributed by atoms with Gasteiger partial charge in [-0.25, -0.2) is 0 Å². The Morgan fingerprint density at radius 3 is 1.16 bits per heavy atom. The minimum absolute atomic E-state index is 0.0117. The van der Waals surface area contributed by atoms with Crippen LogP contribution in [0.5, 0.6) is 11.5 Å². The summed E-state index contributed by atoms with van der Waals surface area (Å²) < 4.78 is 0. The number of phenols is 2. The number of carbonyl (C=O) groups excluding carboxylic acids is 11. The van der Waals surface area contributed by atoms with E-state index in [2.05, 4.69) is 83.7 Å². The van der Waals surface area contributed by atoms with E-state index in [0.717, 1.165) is 0 Å². The van der Waals surface area contributed by atoms with Crippen LogP contribution in [0, 0.1) is 5.41 Å². The first kappa shape index (κ1) is 76.0. The normalized spacial score (nSPS) is 14.1. The van der Waals surface area contributed by atoms with Crippen molar-refractivity contribution in [2.24, 2.45) is 17.2 Å². The van der Waals surface area contributed by atoms with Gasteiger partial charge in [0.2, 0.25) is 65.0 Å². The maximum atomic E-state index is 14.8. The highest BCUT2D eigenvalue weighted by Crippen LogP contribution is 2.15. The topological polar surface area (TPSA) is 483 Å². The van der Waals surface area contributed by atoms with Crippen LogP contribution in [0.25, 0.3) is 0 Å². The van der Waals surface area contributed by atoms with Crippen molar-refractivity contribution in [3.63, 3.8) is 0 Å². The number of aliphatic hydroxyl groups excluding tert-OH is 1. The van der Waals surface area contributed by atoms with Crippen LogP contribution in [-0.4, -0.2) is 178 Å². The van der Waals surface area contributed by atoms with Gasteiger partial charge in [-0.3, -0.25) is 58.1 Å². The summed E-state index contributed by atoms with van der Waals surface area (Å²) >= 11 is 8.47. The Morgan fingerprint density at radius 2 is 0.763 bits per heavy atom. The molecule has 0 radical (unpaired) electrons. The van der Waals surface area contributed by atoms with Gasteiger partial charge in [-0.1, -0.05) is 84.9 Å². The number of unbranched alkanes of at least 4 members (excludes halogenated alkanes) is 1. The van der Waals surface area contributed by atoms with Crippen molar-refractivity contribution in [3.8, 4) is 11.5 Å². The zero-order chi connectivity index (χ0) is 68.6. The Morgan fingerprint density at radius 1 is 0.430 bits per heavy atom. The van der Waals surface area contributed by atoms with Gasteiger partial charge in [-0.05, 0) is 92.1 Å². The third-order valence-electron chi connectivity index (χ3n) is 14.3. The summed E-state index contributed by atoms with van der Waals surface area (Å²) in [7, 11) is 0. The van der Waals surface area contributed by atoms with Crippen LogP contribution in [0.3, 0.4) is 0 Å². The number of phenolic OH excluding ortho intramolecular Hbond substituents is 2. The number of primary amides is 1. The number of nitrogens with one attached hydrogen (secondary N) is 12. The summed E-state index contributed by atoms with van der Waals surface area (Å²) in [5.41, 5.74) is 19.1. The lowest BCUT2D eigenvalue weighted by molar-refractivity contribution is -0.136. The largest absolute Gasteiger partial charge is 0.508 e. The number of carbonyl (C=O) groups is 11. The molecule has 11 amide bonds. The fourth-order valence-corrected chi connectivity index (χ4v) is 9.77. The van der Waals surface area contributed by atoms with Crippen molar-refractivity contribution in [1.29, 1.82) is 5.41 Å². The average molecular weight is 1330 g/mol. The molecular weight excluding hydrogens is 1240 g/mol. The second kappa shape index (κ2) is 39.7. The molecule has 10 atom stereocenters. The number of hydrogen-bond acceptors (Lipinski definition) is 18. The summed E-state index contributed by atoms with van der Waals surface area (Å²) in [6.07, 6.45) is 0.267. The molecule has 0 aliphatic heterocycles. The van der Waals surface area contributed by atoms with E-state index >= 15 is 0 Å². The second-order valence-electron chi connectivity index (χ2n) is 21.8. The van der Waals surface area contributed by atoms with Gasteiger partial charge in [0.05, 0.1) is 6.61 Å². The zero-order valence-electron chi connectivity index (χ0n) is 51.5. The van der Waals surface area contributed by atoms with E-state index in [1.54, 1.807) is 72.8 Å². The molecule has 0 aliphatic carbocycles. The molecule has 21 N–H and O–H groups in total. The highest BCUT2D eigenvalue weighted by atomic mass is 32.1. The van der Waals surface area contributed by atoms with Gasteiger partial charge >= 0.3 is 0 Å². The number of aliphatic hydroxyl groups is 1. The third kappa shape index (κ3) is 27.1. The molecule has 0 fully saturated rings. The quantitative estimate of drug-likeness (QED) is 0.00915. The Kier molecular flexibility index (Phi) is 32.5. The molecule has 0 heterocycles. The predicted octanol–water partition coefficient (Wildman–Crippen LogP) is -3.01. The van der Waals surface area contributed by atoms with Crippen molar-refractivity contribution in [2.75, 3.05) is 31.2 Å². The molecule has 0 spiro atoms. The average Bonchev–Trinajstić information content (AvgIpc) is 1.07. The lowest BCUT2D eigenvalue weighted by Crippen LogP contribution is -2.61.